The molecule has 0 spiro atoms. The summed E-state index contributed by atoms with van der Waals surface area (Å²) in [5, 5.41) is 19.0. The van der Waals surface area contributed by atoms with E-state index < -0.39 is 35.1 Å². The molecule has 0 saturated carbocycles. The zero-order valence-corrected chi connectivity index (χ0v) is 10.2. The summed E-state index contributed by atoms with van der Waals surface area (Å²) in [6.07, 6.45) is -3.64. The van der Waals surface area contributed by atoms with Crippen molar-refractivity contribution in [3.8, 4) is 0 Å². The summed E-state index contributed by atoms with van der Waals surface area (Å²) in [6, 6.07) is 0.602. The van der Waals surface area contributed by atoms with Gasteiger partial charge in [-0.1, -0.05) is 0 Å². The summed E-state index contributed by atoms with van der Waals surface area (Å²) >= 11 is 1.50. The first kappa shape index (κ1) is 13.7. The maximum absolute atomic E-state index is 12.7. The minimum absolute atomic E-state index is 0.102. The molecule has 17 heavy (non-hydrogen) atoms. The average molecular weight is 358 g/mol. The second-order valence-electron chi connectivity index (χ2n) is 2.97. The van der Waals surface area contributed by atoms with Crippen LogP contribution in [0.2, 0.25) is 0 Å². The number of alkyl halides is 2. The SMILES string of the molecule is O=C(O)Cc1c(C(F)F)cc([N+](=O)[O-])nc1I. The topological polar surface area (TPSA) is 93.3 Å². The van der Waals surface area contributed by atoms with E-state index in [1.807, 2.05) is 0 Å². The molecule has 1 N–H and O–H groups in total. The lowest BCUT2D eigenvalue weighted by Gasteiger charge is -2.06. The Balaban J connectivity index is 3.38. The number of aromatic nitrogens is 1. The quantitative estimate of drug-likeness (QED) is 0.385. The normalized spacial score (nSPS) is 10.6. The Kier molecular flexibility index (Phi) is 4.26. The number of halogens is 3. The van der Waals surface area contributed by atoms with Gasteiger partial charge in [-0.15, -0.1) is 0 Å². The number of carboxylic acid groups (broad SMARTS) is 1. The minimum atomic E-state index is -2.99. The first-order valence-electron chi connectivity index (χ1n) is 4.16. The third-order valence-electron chi connectivity index (χ3n) is 1.84. The number of rotatable bonds is 4. The van der Waals surface area contributed by atoms with Crippen LogP contribution in [0.4, 0.5) is 14.6 Å². The number of pyridine rings is 1. The van der Waals surface area contributed by atoms with E-state index >= 15 is 0 Å². The Morgan fingerprint density at radius 1 is 1.65 bits per heavy atom. The van der Waals surface area contributed by atoms with Crippen molar-refractivity contribution in [3.05, 3.63) is 31.0 Å². The van der Waals surface area contributed by atoms with E-state index in [4.69, 9.17) is 5.11 Å². The number of hydrogen-bond donors (Lipinski definition) is 1. The fourth-order valence-corrected chi connectivity index (χ4v) is 1.91. The first-order valence-corrected chi connectivity index (χ1v) is 5.24. The van der Waals surface area contributed by atoms with Crippen LogP contribution >= 0.6 is 22.6 Å². The van der Waals surface area contributed by atoms with E-state index in [2.05, 4.69) is 4.98 Å². The van der Waals surface area contributed by atoms with Gasteiger partial charge < -0.3 is 15.2 Å². The van der Waals surface area contributed by atoms with Gasteiger partial charge >= 0.3 is 11.8 Å². The standard InChI is InChI=1S/C8H5F2IN2O4/c9-7(10)3-1-5(13(16)17)12-8(11)4(3)2-6(14)15/h1,7H,2H2,(H,14,15). The first-order chi connectivity index (χ1) is 7.82. The molecule has 0 unspecified atom stereocenters. The highest BCUT2D eigenvalue weighted by atomic mass is 127. The van der Waals surface area contributed by atoms with Gasteiger partial charge in [0, 0.05) is 39.8 Å². The van der Waals surface area contributed by atoms with Crippen molar-refractivity contribution in [2.75, 3.05) is 0 Å². The fraction of sp³-hybridized carbons (Fsp3) is 0.250. The molecule has 0 aliphatic rings. The zero-order valence-electron chi connectivity index (χ0n) is 8.06. The Labute approximate surface area is 107 Å². The molecule has 0 aliphatic heterocycles. The molecule has 1 aromatic heterocycles. The van der Waals surface area contributed by atoms with Crippen LogP contribution in [0.5, 0.6) is 0 Å². The maximum Gasteiger partial charge on any atom is 0.365 e. The molecule has 0 amide bonds. The predicted octanol–water partition coefficient (Wildman–Crippen LogP) is 2.16. The van der Waals surface area contributed by atoms with Crippen molar-refractivity contribution < 1.29 is 23.6 Å². The van der Waals surface area contributed by atoms with Crippen LogP contribution in [-0.2, 0) is 11.2 Å². The predicted molar refractivity (Wildman–Crippen MR) is 59.9 cm³/mol. The third kappa shape index (κ3) is 3.28. The van der Waals surface area contributed by atoms with Crippen molar-refractivity contribution in [1.29, 1.82) is 0 Å². The number of carbonyl (C=O) groups is 1. The monoisotopic (exact) mass is 358 g/mol. The number of carboxylic acids is 1. The maximum atomic E-state index is 12.7. The van der Waals surface area contributed by atoms with Crippen LogP contribution in [-0.4, -0.2) is 21.0 Å². The highest BCUT2D eigenvalue weighted by molar-refractivity contribution is 14.1. The van der Waals surface area contributed by atoms with Crippen LogP contribution in [0.3, 0.4) is 0 Å². The number of aliphatic carboxylic acids is 1. The molecule has 1 heterocycles. The molecule has 0 bridgehead atoms. The van der Waals surface area contributed by atoms with E-state index in [0.29, 0.717) is 6.07 Å². The molecular weight excluding hydrogens is 353 g/mol. The van der Waals surface area contributed by atoms with Crippen LogP contribution in [0.25, 0.3) is 0 Å². The molecule has 0 fully saturated rings. The Hall–Kier alpha value is -1.39. The largest absolute Gasteiger partial charge is 0.481 e. The van der Waals surface area contributed by atoms with Gasteiger partial charge in [0.25, 0.3) is 6.43 Å². The molecule has 0 aliphatic carbocycles. The molecule has 0 aromatic carbocycles. The van der Waals surface area contributed by atoms with Gasteiger partial charge in [0.15, 0.2) is 0 Å². The molecule has 0 atom stereocenters. The van der Waals surface area contributed by atoms with Crippen molar-refractivity contribution in [2.24, 2.45) is 0 Å². The molecule has 0 saturated heterocycles. The smallest absolute Gasteiger partial charge is 0.365 e. The van der Waals surface area contributed by atoms with E-state index in [1.54, 1.807) is 0 Å². The van der Waals surface area contributed by atoms with Crippen molar-refractivity contribution >= 4 is 34.4 Å². The lowest BCUT2D eigenvalue weighted by Crippen LogP contribution is -2.09. The minimum Gasteiger partial charge on any atom is -0.481 e. The van der Waals surface area contributed by atoms with Crippen molar-refractivity contribution in [3.63, 3.8) is 0 Å². The summed E-state index contributed by atoms with van der Waals surface area (Å²) in [7, 11) is 0. The van der Waals surface area contributed by atoms with Crippen LogP contribution in [0, 0.1) is 13.8 Å². The van der Waals surface area contributed by atoms with Gasteiger partial charge in [-0.05, 0) is 9.91 Å². The van der Waals surface area contributed by atoms with E-state index in [1.165, 1.54) is 22.6 Å². The Morgan fingerprint density at radius 2 is 2.24 bits per heavy atom. The molecule has 92 valence electrons. The number of nitrogens with zero attached hydrogens (tertiary/aromatic N) is 2. The fourth-order valence-electron chi connectivity index (χ4n) is 1.16. The van der Waals surface area contributed by atoms with Gasteiger partial charge in [0.2, 0.25) is 3.70 Å². The van der Waals surface area contributed by atoms with Crippen molar-refractivity contribution in [2.45, 2.75) is 12.8 Å². The molecular formula is C8H5F2IN2O4. The van der Waals surface area contributed by atoms with Gasteiger partial charge in [-0.25, -0.2) is 8.78 Å². The van der Waals surface area contributed by atoms with Gasteiger partial charge in [0.05, 0.1) is 6.42 Å². The summed E-state index contributed by atoms with van der Waals surface area (Å²) in [6.45, 7) is 0. The second-order valence-corrected chi connectivity index (χ2v) is 3.99. The van der Waals surface area contributed by atoms with E-state index in [9.17, 15) is 23.7 Å². The summed E-state index contributed by atoms with van der Waals surface area (Å²) in [5.74, 6) is -2.03. The molecule has 0 radical (unpaired) electrons. The number of hydrogen-bond acceptors (Lipinski definition) is 4. The summed E-state index contributed by atoms with van der Waals surface area (Å²) in [5.41, 5.74) is -0.864. The third-order valence-corrected chi connectivity index (χ3v) is 2.74. The van der Waals surface area contributed by atoms with Gasteiger partial charge in [0.1, 0.15) is 0 Å². The summed E-state index contributed by atoms with van der Waals surface area (Å²) in [4.78, 5) is 23.5. The Bertz CT molecular complexity index is 481. The van der Waals surface area contributed by atoms with Gasteiger partial charge in [-0.3, -0.25) is 4.79 Å². The second kappa shape index (κ2) is 5.29. The lowest BCUT2D eigenvalue weighted by atomic mass is 10.1. The van der Waals surface area contributed by atoms with E-state index in [0.717, 1.165) is 0 Å². The highest BCUT2D eigenvalue weighted by Gasteiger charge is 2.25. The van der Waals surface area contributed by atoms with Crippen molar-refractivity contribution in [1.82, 2.24) is 4.98 Å². The van der Waals surface area contributed by atoms with Crippen LogP contribution in [0.1, 0.15) is 17.6 Å². The van der Waals surface area contributed by atoms with Crippen LogP contribution < -0.4 is 0 Å². The summed E-state index contributed by atoms with van der Waals surface area (Å²) < 4.78 is 25.2. The molecule has 6 nitrogen and oxygen atoms in total. The molecule has 1 rings (SSSR count). The Morgan fingerprint density at radius 3 is 2.65 bits per heavy atom. The zero-order chi connectivity index (χ0) is 13.2. The van der Waals surface area contributed by atoms with Gasteiger partial charge in [-0.2, -0.15) is 0 Å². The highest BCUT2D eigenvalue weighted by Crippen LogP contribution is 2.29. The molecule has 9 heteroatoms. The molecule has 1 aromatic rings. The average Bonchev–Trinajstić information content (AvgIpc) is 2.19. The number of nitro groups is 1. The van der Waals surface area contributed by atoms with E-state index in [-0.39, 0.29) is 9.26 Å². The van der Waals surface area contributed by atoms with Crippen LogP contribution in [0.15, 0.2) is 6.07 Å². The lowest BCUT2D eigenvalue weighted by molar-refractivity contribution is -0.389.